The molecule has 0 aliphatic heterocycles. The largest absolute Gasteiger partial charge is 0.467 e. The summed E-state index contributed by atoms with van der Waals surface area (Å²) < 4.78 is 4.61. The molecule has 0 unspecified atom stereocenters. The van der Waals surface area contributed by atoms with Gasteiger partial charge in [-0.25, -0.2) is 4.79 Å². The summed E-state index contributed by atoms with van der Waals surface area (Å²) in [6.45, 7) is 5.62. The summed E-state index contributed by atoms with van der Waals surface area (Å²) in [5.74, 6) is -0.943. The third kappa shape index (κ3) is 5.46. The molecule has 0 bridgehead atoms. The minimum Gasteiger partial charge on any atom is -0.467 e. The Balaban J connectivity index is 4.57. The Morgan fingerprint density at radius 2 is 1.94 bits per heavy atom. The maximum atomic E-state index is 11.7. The van der Waals surface area contributed by atoms with Crippen LogP contribution in [0.15, 0.2) is 0 Å². The van der Waals surface area contributed by atoms with Crippen molar-refractivity contribution in [1.82, 2.24) is 5.32 Å². The molecule has 0 saturated carbocycles. The first-order valence-electron chi connectivity index (χ1n) is 6.15. The number of aliphatic hydroxyl groups is 1. The highest BCUT2D eigenvalue weighted by Gasteiger charge is 2.28. The van der Waals surface area contributed by atoms with Crippen molar-refractivity contribution in [2.45, 2.75) is 51.8 Å². The van der Waals surface area contributed by atoms with E-state index in [1.165, 1.54) is 7.11 Å². The zero-order valence-electron chi connectivity index (χ0n) is 11.5. The maximum absolute atomic E-state index is 11.7. The van der Waals surface area contributed by atoms with Gasteiger partial charge in [0.1, 0.15) is 12.1 Å². The van der Waals surface area contributed by atoms with Crippen molar-refractivity contribution >= 4 is 11.9 Å². The van der Waals surface area contributed by atoms with E-state index in [0.717, 1.165) is 0 Å². The van der Waals surface area contributed by atoms with Crippen LogP contribution < -0.4 is 11.1 Å². The molecule has 0 spiro atoms. The van der Waals surface area contributed by atoms with Crippen LogP contribution in [0.2, 0.25) is 0 Å². The predicted molar refractivity (Wildman–Crippen MR) is 67.7 cm³/mol. The minimum absolute atomic E-state index is 0.214. The van der Waals surface area contributed by atoms with Gasteiger partial charge in [0.25, 0.3) is 5.91 Å². The number of ether oxygens (including phenoxy) is 1. The van der Waals surface area contributed by atoms with Crippen LogP contribution in [-0.4, -0.2) is 42.3 Å². The summed E-state index contributed by atoms with van der Waals surface area (Å²) >= 11 is 0. The lowest BCUT2D eigenvalue weighted by atomic mass is 10.0. The Kier molecular flexibility index (Phi) is 7.54. The molecule has 0 aliphatic carbocycles. The number of amides is 1. The van der Waals surface area contributed by atoms with Gasteiger partial charge < -0.3 is 20.9 Å². The van der Waals surface area contributed by atoms with Crippen molar-refractivity contribution in [2.75, 3.05) is 7.11 Å². The van der Waals surface area contributed by atoms with Gasteiger partial charge in [-0.2, -0.15) is 0 Å². The maximum Gasteiger partial charge on any atom is 0.328 e. The average Bonchev–Trinajstić information content (AvgIpc) is 2.34. The molecule has 6 nitrogen and oxygen atoms in total. The SMILES string of the molecule is CC[C@@H](N)[C@H](O)C(=O)N[C@@H](CC(C)C)C(=O)OC. The van der Waals surface area contributed by atoms with Crippen molar-refractivity contribution in [2.24, 2.45) is 11.7 Å². The number of esters is 1. The fourth-order valence-electron chi connectivity index (χ4n) is 1.50. The summed E-state index contributed by atoms with van der Waals surface area (Å²) in [6.07, 6.45) is -0.386. The fraction of sp³-hybridized carbons (Fsp3) is 0.833. The van der Waals surface area contributed by atoms with Gasteiger partial charge in [0.05, 0.1) is 7.11 Å². The number of carbonyl (C=O) groups excluding carboxylic acids is 2. The summed E-state index contributed by atoms with van der Waals surface area (Å²) in [4.78, 5) is 23.2. The Morgan fingerprint density at radius 1 is 1.39 bits per heavy atom. The molecule has 4 N–H and O–H groups in total. The molecule has 18 heavy (non-hydrogen) atoms. The van der Waals surface area contributed by atoms with E-state index in [-0.39, 0.29) is 5.92 Å². The van der Waals surface area contributed by atoms with Gasteiger partial charge in [-0.05, 0) is 18.8 Å². The van der Waals surface area contributed by atoms with Crippen LogP contribution in [0.3, 0.4) is 0 Å². The molecule has 0 aromatic carbocycles. The van der Waals surface area contributed by atoms with E-state index in [9.17, 15) is 14.7 Å². The predicted octanol–water partition coefficient (Wildman–Crippen LogP) is -0.211. The van der Waals surface area contributed by atoms with Crippen molar-refractivity contribution in [1.29, 1.82) is 0 Å². The Labute approximate surface area is 108 Å². The zero-order chi connectivity index (χ0) is 14.3. The number of aliphatic hydroxyl groups excluding tert-OH is 1. The van der Waals surface area contributed by atoms with Gasteiger partial charge in [0.2, 0.25) is 0 Å². The number of hydrogen-bond acceptors (Lipinski definition) is 5. The number of methoxy groups -OCH3 is 1. The Morgan fingerprint density at radius 3 is 2.33 bits per heavy atom. The molecule has 0 heterocycles. The summed E-state index contributed by atoms with van der Waals surface area (Å²) in [6, 6.07) is -1.39. The van der Waals surface area contributed by atoms with Crippen LogP contribution in [-0.2, 0) is 14.3 Å². The van der Waals surface area contributed by atoms with Crippen molar-refractivity contribution in [3.05, 3.63) is 0 Å². The van der Waals surface area contributed by atoms with Crippen LogP contribution in [0.4, 0.5) is 0 Å². The van der Waals surface area contributed by atoms with Gasteiger partial charge in [0.15, 0.2) is 0 Å². The smallest absolute Gasteiger partial charge is 0.328 e. The van der Waals surface area contributed by atoms with E-state index >= 15 is 0 Å². The monoisotopic (exact) mass is 260 g/mol. The second kappa shape index (κ2) is 8.05. The van der Waals surface area contributed by atoms with Gasteiger partial charge >= 0.3 is 5.97 Å². The lowest BCUT2D eigenvalue weighted by Gasteiger charge is -2.22. The highest BCUT2D eigenvalue weighted by molar-refractivity contribution is 5.87. The molecular weight excluding hydrogens is 236 g/mol. The molecule has 0 rings (SSSR count). The lowest BCUT2D eigenvalue weighted by Crippen LogP contribution is -2.51. The molecule has 3 atom stereocenters. The first kappa shape index (κ1) is 16.9. The number of nitrogens with one attached hydrogen (secondary N) is 1. The molecule has 0 aliphatic rings. The van der Waals surface area contributed by atoms with E-state index < -0.39 is 30.1 Å². The molecule has 1 amide bonds. The first-order chi connectivity index (χ1) is 8.33. The van der Waals surface area contributed by atoms with Crippen LogP contribution in [0.25, 0.3) is 0 Å². The number of nitrogens with two attached hydrogens (primary N) is 1. The minimum atomic E-state index is -1.31. The highest BCUT2D eigenvalue weighted by Crippen LogP contribution is 2.07. The Bertz CT molecular complexity index is 281. The lowest BCUT2D eigenvalue weighted by molar-refractivity contribution is -0.147. The van der Waals surface area contributed by atoms with Gasteiger partial charge in [-0.15, -0.1) is 0 Å². The van der Waals surface area contributed by atoms with E-state index in [1.54, 1.807) is 6.92 Å². The molecular formula is C12H24N2O4. The number of hydrogen-bond donors (Lipinski definition) is 3. The van der Waals surface area contributed by atoms with E-state index in [2.05, 4.69) is 10.1 Å². The van der Waals surface area contributed by atoms with E-state index in [0.29, 0.717) is 12.8 Å². The zero-order valence-corrected chi connectivity index (χ0v) is 11.5. The van der Waals surface area contributed by atoms with Crippen LogP contribution >= 0.6 is 0 Å². The molecule has 0 aromatic heterocycles. The van der Waals surface area contributed by atoms with Crippen molar-refractivity contribution in [3.8, 4) is 0 Å². The van der Waals surface area contributed by atoms with Gasteiger partial charge in [-0.1, -0.05) is 20.8 Å². The summed E-state index contributed by atoms with van der Waals surface area (Å²) in [7, 11) is 1.26. The second-order valence-corrected chi connectivity index (χ2v) is 4.73. The van der Waals surface area contributed by atoms with E-state index in [4.69, 9.17) is 5.73 Å². The van der Waals surface area contributed by atoms with Gasteiger partial charge in [0, 0.05) is 6.04 Å². The molecule has 6 heteroatoms. The third-order valence-corrected chi connectivity index (χ3v) is 2.65. The van der Waals surface area contributed by atoms with Gasteiger partial charge in [-0.3, -0.25) is 4.79 Å². The fourth-order valence-corrected chi connectivity index (χ4v) is 1.50. The van der Waals surface area contributed by atoms with Crippen LogP contribution in [0, 0.1) is 5.92 Å². The molecule has 0 fully saturated rings. The second-order valence-electron chi connectivity index (χ2n) is 4.73. The van der Waals surface area contributed by atoms with Crippen LogP contribution in [0.5, 0.6) is 0 Å². The molecule has 106 valence electrons. The van der Waals surface area contributed by atoms with E-state index in [1.807, 2.05) is 13.8 Å². The molecule has 0 radical (unpaired) electrons. The quantitative estimate of drug-likeness (QED) is 0.550. The Hall–Kier alpha value is -1.14. The first-order valence-corrected chi connectivity index (χ1v) is 6.15. The molecule has 0 aromatic rings. The summed E-state index contributed by atoms with van der Waals surface area (Å²) in [5.41, 5.74) is 5.58. The highest BCUT2D eigenvalue weighted by atomic mass is 16.5. The van der Waals surface area contributed by atoms with Crippen molar-refractivity contribution < 1.29 is 19.4 Å². The van der Waals surface area contributed by atoms with Crippen molar-refractivity contribution in [3.63, 3.8) is 0 Å². The summed E-state index contributed by atoms with van der Waals surface area (Å²) in [5, 5.41) is 12.1. The number of rotatable bonds is 7. The third-order valence-electron chi connectivity index (χ3n) is 2.65. The topological polar surface area (TPSA) is 102 Å². The number of carbonyl (C=O) groups is 2. The standard InChI is InChI=1S/C12H24N2O4/c1-5-8(13)10(15)11(16)14-9(6-7(2)3)12(17)18-4/h7-10,15H,5-6,13H2,1-4H3,(H,14,16)/t8-,9+,10+/m1/s1. The normalized spacial score (nSPS) is 15.9. The van der Waals surface area contributed by atoms with Crippen LogP contribution in [0.1, 0.15) is 33.6 Å². The average molecular weight is 260 g/mol. The molecule has 0 saturated heterocycles.